The van der Waals surface area contributed by atoms with Gasteiger partial charge in [-0.2, -0.15) is 19.6 Å². The molecule has 3 aromatic rings. The van der Waals surface area contributed by atoms with Gasteiger partial charge in [-0.25, -0.2) is 0 Å². The van der Waals surface area contributed by atoms with E-state index in [4.69, 9.17) is 16.3 Å². The molecule has 2 aromatic heterocycles. The van der Waals surface area contributed by atoms with E-state index in [1.165, 1.54) is 6.33 Å². The first-order valence-electron chi connectivity index (χ1n) is 6.06. The SMILES string of the molecule is COc1cc(Nc2c(C)c(Cl)nc3ncnn23)ccc1Br. The number of benzene rings is 1. The van der Waals surface area contributed by atoms with E-state index in [1.807, 2.05) is 25.1 Å². The van der Waals surface area contributed by atoms with Crippen molar-refractivity contribution < 1.29 is 4.74 Å². The summed E-state index contributed by atoms with van der Waals surface area (Å²) in [6, 6.07) is 5.70. The van der Waals surface area contributed by atoms with Crippen molar-refractivity contribution in [3.8, 4) is 5.75 Å². The van der Waals surface area contributed by atoms with Gasteiger partial charge in [-0.15, -0.1) is 0 Å². The predicted molar refractivity (Wildman–Crippen MR) is 84.5 cm³/mol. The molecule has 0 radical (unpaired) electrons. The van der Waals surface area contributed by atoms with Crippen LogP contribution in [0.25, 0.3) is 5.78 Å². The molecule has 0 spiro atoms. The summed E-state index contributed by atoms with van der Waals surface area (Å²) in [4.78, 5) is 8.22. The van der Waals surface area contributed by atoms with Gasteiger partial charge in [0.05, 0.1) is 11.6 Å². The van der Waals surface area contributed by atoms with E-state index in [-0.39, 0.29) is 0 Å². The molecule has 6 nitrogen and oxygen atoms in total. The topological polar surface area (TPSA) is 64.3 Å². The monoisotopic (exact) mass is 367 g/mol. The van der Waals surface area contributed by atoms with Crippen LogP contribution in [0.1, 0.15) is 5.56 Å². The molecule has 0 aliphatic carbocycles. The third-order valence-corrected chi connectivity index (χ3v) is 4.04. The molecule has 0 unspecified atom stereocenters. The molecule has 0 bridgehead atoms. The third kappa shape index (κ3) is 2.54. The van der Waals surface area contributed by atoms with Gasteiger partial charge in [0.25, 0.3) is 5.78 Å². The van der Waals surface area contributed by atoms with Crippen LogP contribution in [0, 0.1) is 6.92 Å². The molecular formula is C13H11BrClN5O. The number of nitrogens with zero attached hydrogens (tertiary/aromatic N) is 4. The first-order chi connectivity index (χ1) is 10.1. The standard InChI is InChI=1S/C13H11BrClN5O/c1-7-11(15)19-13-16-6-17-20(13)12(7)18-8-3-4-9(14)10(5-8)21-2/h3-6,18H,1-2H3. The lowest BCUT2D eigenvalue weighted by Crippen LogP contribution is -2.05. The van der Waals surface area contributed by atoms with E-state index in [1.54, 1.807) is 11.6 Å². The smallest absolute Gasteiger partial charge is 0.255 e. The maximum Gasteiger partial charge on any atom is 0.255 e. The van der Waals surface area contributed by atoms with Crippen molar-refractivity contribution in [2.45, 2.75) is 6.92 Å². The maximum absolute atomic E-state index is 6.14. The van der Waals surface area contributed by atoms with E-state index in [2.05, 4.69) is 36.3 Å². The van der Waals surface area contributed by atoms with E-state index < -0.39 is 0 Å². The molecule has 0 saturated heterocycles. The number of anilines is 2. The predicted octanol–water partition coefficient (Wildman–Crippen LogP) is 3.60. The number of methoxy groups -OCH3 is 1. The minimum atomic E-state index is 0.391. The van der Waals surface area contributed by atoms with Crippen molar-refractivity contribution in [1.29, 1.82) is 0 Å². The first-order valence-corrected chi connectivity index (χ1v) is 7.23. The molecule has 1 N–H and O–H groups in total. The van der Waals surface area contributed by atoms with Gasteiger partial charge in [-0.05, 0) is 35.0 Å². The average molecular weight is 369 g/mol. The van der Waals surface area contributed by atoms with Gasteiger partial charge in [0, 0.05) is 17.3 Å². The normalized spacial score (nSPS) is 10.9. The van der Waals surface area contributed by atoms with E-state index in [0.29, 0.717) is 16.7 Å². The number of halogens is 2. The Morgan fingerprint density at radius 3 is 2.95 bits per heavy atom. The Bertz CT molecular complexity index is 820. The summed E-state index contributed by atoms with van der Waals surface area (Å²) in [5.41, 5.74) is 1.63. The zero-order valence-electron chi connectivity index (χ0n) is 11.3. The quantitative estimate of drug-likeness (QED) is 0.716. The highest BCUT2D eigenvalue weighted by Gasteiger charge is 2.13. The molecule has 0 atom stereocenters. The minimum Gasteiger partial charge on any atom is -0.495 e. The van der Waals surface area contributed by atoms with Gasteiger partial charge in [0.1, 0.15) is 23.0 Å². The molecule has 108 valence electrons. The minimum absolute atomic E-state index is 0.391. The summed E-state index contributed by atoms with van der Waals surface area (Å²) < 4.78 is 7.78. The fourth-order valence-corrected chi connectivity index (χ4v) is 2.49. The third-order valence-electron chi connectivity index (χ3n) is 3.02. The molecule has 21 heavy (non-hydrogen) atoms. The second-order valence-corrected chi connectivity index (χ2v) is 5.53. The zero-order valence-corrected chi connectivity index (χ0v) is 13.6. The Labute approximate surface area is 134 Å². The molecule has 3 rings (SSSR count). The van der Waals surface area contributed by atoms with Crippen LogP contribution >= 0.6 is 27.5 Å². The van der Waals surface area contributed by atoms with Gasteiger partial charge >= 0.3 is 0 Å². The number of hydrogen-bond donors (Lipinski definition) is 1. The summed E-state index contributed by atoms with van der Waals surface area (Å²) in [5.74, 6) is 1.89. The van der Waals surface area contributed by atoms with Crippen LogP contribution in [0.4, 0.5) is 11.5 Å². The Morgan fingerprint density at radius 2 is 2.19 bits per heavy atom. The van der Waals surface area contributed by atoms with Crippen molar-refractivity contribution >= 4 is 44.8 Å². The number of aromatic nitrogens is 4. The highest BCUT2D eigenvalue weighted by Crippen LogP contribution is 2.31. The van der Waals surface area contributed by atoms with Crippen LogP contribution in [0.2, 0.25) is 5.15 Å². The molecular weight excluding hydrogens is 358 g/mol. The molecule has 8 heteroatoms. The molecule has 0 amide bonds. The van der Waals surface area contributed by atoms with Gasteiger partial charge < -0.3 is 10.1 Å². The number of hydrogen-bond acceptors (Lipinski definition) is 5. The second kappa shape index (κ2) is 5.50. The largest absolute Gasteiger partial charge is 0.495 e. The van der Waals surface area contributed by atoms with E-state index >= 15 is 0 Å². The van der Waals surface area contributed by atoms with Crippen molar-refractivity contribution in [1.82, 2.24) is 19.6 Å². The van der Waals surface area contributed by atoms with Crippen molar-refractivity contribution in [2.24, 2.45) is 0 Å². The van der Waals surface area contributed by atoms with Crippen molar-refractivity contribution in [3.05, 3.63) is 39.7 Å². The van der Waals surface area contributed by atoms with Gasteiger partial charge in [-0.1, -0.05) is 11.6 Å². The summed E-state index contributed by atoms with van der Waals surface area (Å²) >= 11 is 9.56. The summed E-state index contributed by atoms with van der Waals surface area (Å²) in [7, 11) is 1.62. The molecule has 0 fully saturated rings. The fraction of sp³-hybridized carbons (Fsp3) is 0.154. The first kappa shape index (κ1) is 14.1. The van der Waals surface area contributed by atoms with Crippen LogP contribution in [0.15, 0.2) is 29.0 Å². The second-order valence-electron chi connectivity index (χ2n) is 4.32. The molecule has 2 heterocycles. The number of rotatable bonds is 3. The highest BCUT2D eigenvalue weighted by molar-refractivity contribution is 9.10. The van der Waals surface area contributed by atoms with Gasteiger partial charge in [0.15, 0.2) is 0 Å². The fourth-order valence-electron chi connectivity index (χ4n) is 1.92. The molecule has 0 aliphatic rings. The average Bonchev–Trinajstić information content (AvgIpc) is 2.93. The maximum atomic E-state index is 6.14. The van der Waals surface area contributed by atoms with Crippen LogP contribution in [-0.4, -0.2) is 26.7 Å². The van der Waals surface area contributed by atoms with Crippen LogP contribution in [-0.2, 0) is 0 Å². The van der Waals surface area contributed by atoms with Crippen molar-refractivity contribution in [2.75, 3.05) is 12.4 Å². The Hall–Kier alpha value is -1.86. The van der Waals surface area contributed by atoms with Crippen LogP contribution in [0.3, 0.4) is 0 Å². The van der Waals surface area contributed by atoms with Gasteiger partial charge in [0.2, 0.25) is 0 Å². The lowest BCUT2D eigenvalue weighted by molar-refractivity contribution is 0.412. The van der Waals surface area contributed by atoms with Crippen molar-refractivity contribution in [3.63, 3.8) is 0 Å². The summed E-state index contributed by atoms with van der Waals surface area (Å²) in [6.45, 7) is 1.87. The van der Waals surface area contributed by atoms with Crippen LogP contribution < -0.4 is 10.1 Å². The summed E-state index contributed by atoms with van der Waals surface area (Å²) in [6.07, 6.45) is 1.44. The summed E-state index contributed by atoms with van der Waals surface area (Å²) in [5, 5.41) is 7.83. The zero-order chi connectivity index (χ0) is 15.0. The molecule has 1 aromatic carbocycles. The Morgan fingerprint density at radius 1 is 1.38 bits per heavy atom. The van der Waals surface area contributed by atoms with E-state index in [9.17, 15) is 0 Å². The number of nitrogens with one attached hydrogen (secondary N) is 1. The highest BCUT2D eigenvalue weighted by atomic mass is 79.9. The van der Waals surface area contributed by atoms with Gasteiger partial charge in [-0.3, -0.25) is 0 Å². The number of ether oxygens (including phenoxy) is 1. The lowest BCUT2D eigenvalue weighted by Gasteiger charge is -2.13. The van der Waals surface area contributed by atoms with Crippen LogP contribution in [0.5, 0.6) is 5.75 Å². The number of fused-ring (bicyclic) bond motifs is 1. The Kier molecular flexibility index (Phi) is 3.69. The lowest BCUT2D eigenvalue weighted by atomic mass is 10.2. The van der Waals surface area contributed by atoms with E-state index in [0.717, 1.165) is 21.5 Å². The molecule has 0 aliphatic heterocycles. The molecule has 0 saturated carbocycles. The Balaban J connectivity index is 2.09.